The zero-order valence-corrected chi connectivity index (χ0v) is 16.2. The van der Waals surface area contributed by atoms with Crippen LogP contribution in [0.15, 0.2) is 12.3 Å². The van der Waals surface area contributed by atoms with E-state index in [0.717, 1.165) is 16.5 Å². The molecular formula is C19H21ClN2O5. The van der Waals surface area contributed by atoms with Crippen LogP contribution in [0, 0.1) is 0 Å². The predicted molar refractivity (Wildman–Crippen MR) is 99.4 cm³/mol. The molecule has 27 heavy (non-hydrogen) atoms. The Labute approximate surface area is 162 Å². The maximum Gasteiger partial charge on any atom is 0.249 e. The Bertz CT molecular complexity index is 904. The van der Waals surface area contributed by atoms with Crippen LogP contribution in [0.5, 0.6) is 11.5 Å². The summed E-state index contributed by atoms with van der Waals surface area (Å²) in [6.07, 6.45) is 1.57. The van der Waals surface area contributed by atoms with Gasteiger partial charge >= 0.3 is 0 Å². The van der Waals surface area contributed by atoms with Gasteiger partial charge in [-0.1, -0.05) is 11.6 Å². The van der Waals surface area contributed by atoms with Crippen molar-refractivity contribution in [1.82, 2.24) is 9.88 Å². The molecule has 1 aromatic carbocycles. The summed E-state index contributed by atoms with van der Waals surface area (Å²) in [4.78, 5) is 18.8. The second-order valence-electron chi connectivity index (χ2n) is 6.74. The fourth-order valence-electron chi connectivity index (χ4n) is 3.82. The molecule has 0 spiro atoms. The van der Waals surface area contributed by atoms with Crippen LogP contribution in [0.2, 0.25) is 5.02 Å². The van der Waals surface area contributed by atoms with Crippen LogP contribution in [0.1, 0.15) is 24.1 Å². The summed E-state index contributed by atoms with van der Waals surface area (Å²) in [5.41, 5.74) is 2.72. The van der Waals surface area contributed by atoms with E-state index >= 15 is 0 Å². The van der Waals surface area contributed by atoms with Gasteiger partial charge in [0.25, 0.3) is 0 Å². The Morgan fingerprint density at radius 3 is 2.93 bits per heavy atom. The molecule has 2 aliphatic rings. The maximum absolute atomic E-state index is 12.4. The molecule has 1 amide bonds. The van der Waals surface area contributed by atoms with Gasteiger partial charge in [0, 0.05) is 27.0 Å². The average molecular weight is 393 g/mol. The maximum atomic E-state index is 12.4. The standard InChI is InChI=1S/C19H21ClN2O5/c1-10-16-11(6-22(10)15(23)9-25-3)5-21-14-4-13(20)18-19(17(14)16)27-12(7-24-2)8-26-18/h4-5,10,12H,6-9H2,1-3H3/t10-,12-/m0/s1. The van der Waals surface area contributed by atoms with Gasteiger partial charge in [-0.05, 0) is 24.1 Å². The summed E-state index contributed by atoms with van der Waals surface area (Å²) in [5.74, 6) is 1.02. The number of benzene rings is 1. The van der Waals surface area contributed by atoms with Crippen LogP contribution in [0.4, 0.5) is 0 Å². The molecule has 2 aromatic rings. The molecule has 8 heteroatoms. The molecule has 0 fully saturated rings. The lowest BCUT2D eigenvalue weighted by atomic mass is 9.99. The molecule has 144 valence electrons. The number of aromatic nitrogens is 1. The van der Waals surface area contributed by atoms with Gasteiger partial charge in [0.1, 0.15) is 13.2 Å². The van der Waals surface area contributed by atoms with Crippen LogP contribution in [0.25, 0.3) is 10.9 Å². The number of carbonyl (C=O) groups excluding carboxylic acids is 1. The SMILES string of the molecule is COCC(=O)N1Cc2cnc3cc(Cl)c4c(c3c2[C@@H]1C)O[C@@H](COC)CO4. The van der Waals surface area contributed by atoms with Crippen LogP contribution in [-0.4, -0.2) is 55.9 Å². The van der Waals surface area contributed by atoms with Crippen molar-refractivity contribution >= 4 is 28.4 Å². The zero-order valence-electron chi connectivity index (χ0n) is 15.5. The number of methoxy groups -OCH3 is 2. The summed E-state index contributed by atoms with van der Waals surface area (Å²) >= 11 is 6.40. The molecule has 0 N–H and O–H groups in total. The smallest absolute Gasteiger partial charge is 0.249 e. The van der Waals surface area contributed by atoms with Crippen LogP contribution < -0.4 is 9.47 Å². The van der Waals surface area contributed by atoms with E-state index in [2.05, 4.69) is 4.98 Å². The molecule has 0 aliphatic carbocycles. The van der Waals surface area contributed by atoms with Gasteiger partial charge in [-0.3, -0.25) is 9.78 Å². The van der Waals surface area contributed by atoms with Gasteiger partial charge < -0.3 is 23.8 Å². The fourth-order valence-corrected chi connectivity index (χ4v) is 4.06. The normalized spacial score (nSPS) is 20.8. The highest BCUT2D eigenvalue weighted by molar-refractivity contribution is 6.33. The number of carbonyl (C=O) groups is 1. The first kappa shape index (κ1) is 18.3. The number of hydrogen-bond donors (Lipinski definition) is 0. The topological polar surface area (TPSA) is 70.1 Å². The number of ether oxygens (including phenoxy) is 4. The van der Waals surface area contributed by atoms with Crippen molar-refractivity contribution in [2.75, 3.05) is 34.0 Å². The molecule has 0 radical (unpaired) electrons. The lowest BCUT2D eigenvalue weighted by molar-refractivity contribution is -0.137. The molecule has 0 saturated carbocycles. The van der Waals surface area contributed by atoms with E-state index in [1.807, 2.05) is 6.92 Å². The van der Waals surface area contributed by atoms with E-state index in [9.17, 15) is 4.79 Å². The summed E-state index contributed by atoms with van der Waals surface area (Å²) in [6, 6.07) is 1.65. The van der Waals surface area contributed by atoms with Gasteiger partial charge in [0.05, 0.1) is 28.6 Å². The monoisotopic (exact) mass is 392 g/mol. The predicted octanol–water partition coefficient (Wildman–Crippen LogP) is 2.72. The highest BCUT2D eigenvalue weighted by atomic mass is 35.5. The molecule has 0 saturated heterocycles. The number of nitrogens with zero attached hydrogens (tertiary/aromatic N) is 2. The zero-order chi connectivity index (χ0) is 19.1. The van der Waals surface area contributed by atoms with E-state index < -0.39 is 0 Å². The molecule has 3 heterocycles. The molecule has 0 unspecified atom stereocenters. The first-order valence-electron chi connectivity index (χ1n) is 8.76. The lowest BCUT2D eigenvalue weighted by Gasteiger charge is -2.29. The van der Waals surface area contributed by atoms with Gasteiger partial charge in [0.2, 0.25) is 5.91 Å². The van der Waals surface area contributed by atoms with Crippen LogP contribution in [-0.2, 0) is 20.8 Å². The number of halogens is 1. The molecule has 1 aromatic heterocycles. The minimum Gasteiger partial charge on any atom is -0.484 e. The molecule has 7 nitrogen and oxygen atoms in total. The molecule has 2 atom stereocenters. The number of amides is 1. The Kier molecular flexibility index (Phi) is 4.84. The minimum absolute atomic E-state index is 0.0448. The van der Waals surface area contributed by atoms with Gasteiger partial charge in [-0.15, -0.1) is 0 Å². The van der Waals surface area contributed by atoms with E-state index in [-0.39, 0.29) is 24.7 Å². The minimum atomic E-state index is -0.233. The van der Waals surface area contributed by atoms with E-state index in [4.69, 9.17) is 30.5 Å². The Morgan fingerprint density at radius 1 is 1.37 bits per heavy atom. The van der Waals surface area contributed by atoms with Crippen LogP contribution >= 0.6 is 11.6 Å². The number of pyridine rings is 1. The molecule has 0 bridgehead atoms. The Balaban J connectivity index is 1.85. The summed E-state index contributed by atoms with van der Waals surface area (Å²) < 4.78 is 22.3. The first-order chi connectivity index (χ1) is 13.0. The third-order valence-electron chi connectivity index (χ3n) is 5.01. The van der Waals surface area contributed by atoms with E-state index in [1.54, 1.807) is 24.3 Å². The number of rotatable bonds is 4. The second kappa shape index (κ2) is 7.14. The quantitative estimate of drug-likeness (QED) is 0.796. The second-order valence-corrected chi connectivity index (χ2v) is 7.15. The third-order valence-corrected chi connectivity index (χ3v) is 5.29. The van der Waals surface area contributed by atoms with Gasteiger partial charge in [0.15, 0.2) is 17.6 Å². The van der Waals surface area contributed by atoms with Crippen molar-refractivity contribution in [2.24, 2.45) is 0 Å². The summed E-state index contributed by atoms with van der Waals surface area (Å²) in [5, 5.41) is 1.30. The first-order valence-corrected chi connectivity index (χ1v) is 9.13. The number of fused-ring (bicyclic) bond motifs is 5. The van der Waals surface area contributed by atoms with Crippen molar-refractivity contribution in [1.29, 1.82) is 0 Å². The third kappa shape index (κ3) is 2.99. The van der Waals surface area contributed by atoms with Crippen molar-refractivity contribution in [3.63, 3.8) is 0 Å². The average Bonchev–Trinajstić information content (AvgIpc) is 2.99. The highest BCUT2D eigenvalue weighted by Gasteiger charge is 2.36. The summed E-state index contributed by atoms with van der Waals surface area (Å²) in [7, 11) is 3.14. The largest absolute Gasteiger partial charge is 0.484 e. The van der Waals surface area contributed by atoms with E-state index in [1.165, 1.54) is 7.11 Å². The number of hydrogen-bond acceptors (Lipinski definition) is 6. The van der Waals surface area contributed by atoms with Crippen LogP contribution in [0.3, 0.4) is 0 Å². The van der Waals surface area contributed by atoms with Crippen molar-refractivity contribution in [3.05, 3.63) is 28.4 Å². The van der Waals surface area contributed by atoms with Crippen molar-refractivity contribution in [2.45, 2.75) is 25.6 Å². The fraction of sp³-hybridized carbons (Fsp3) is 0.474. The van der Waals surface area contributed by atoms with Gasteiger partial charge in [-0.2, -0.15) is 0 Å². The lowest BCUT2D eigenvalue weighted by Crippen LogP contribution is -2.33. The molecular weight excluding hydrogens is 372 g/mol. The Hall–Kier alpha value is -2.09. The highest BCUT2D eigenvalue weighted by Crippen LogP contribution is 2.49. The van der Waals surface area contributed by atoms with Crippen molar-refractivity contribution < 1.29 is 23.7 Å². The summed E-state index contributed by atoms with van der Waals surface area (Å²) in [6.45, 7) is 3.30. The molecule has 4 rings (SSSR count). The molecule has 2 aliphatic heterocycles. The van der Waals surface area contributed by atoms with Crippen molar-refractivity contribution in [3.8, 4) is 11.5 Å². The Morgan fingerprint density at radius 2 is 2.19 bits per heavy atom. The van der Waals surface area contributed by atoms with E-state index in [0.29, 0.717) is 41.8 Å². The van der Waals surface area contributed by atoms with Gasteiger partial charge in [-0.25, -0.2) is 0 Å².